The number of halogens is 1. The first-order valence-corrected chi connectivity index (χ1v) is 7.25. The van der Waals surface area contributed by atoms with Crippen LogP contribution in [0, 0.1) is 6.92 Å². The highest BCUT2D eigenvalue weighted by Gasteiger charge is 2.12. The summed E-state index contributed by atoms with van der Waals surface area (Å²) in [7, 11) is 0. The second-order valence-electron chi connectivity index (χ2n) is 4.81. The molecule has 0 radical (unpaired) electrons. The van der Waals surface area contributed by atoms with Crippen LogP contribution < -0.4 is 5.32 Å². The maximum atomic E-state index is 12.2. The molecule has 2 aromatic rings. The van der Waals surface area contributed by atoms with Crippen molar-refractivity contribution in [3.8, 4) is 0 Å². The largest absolute Gasteiger partial charge is 0.349 e. The Labute approximate surface area is 126 Å². The second kappa shape index (κ2) is 6.65. The number of nitrogens with one attached hydrogen (secondary N) is 1. The van der Waals surface area contributed by atoms with Crippen molar-refractivity contribution in [2.24, 2.45) is 0 Å². The van der Waals surface area contributed by atoms with E-state index >= 15 is 0 Å². The summed E-state index contributed by atoms with van der Waals surface area (Å²) in [6, 6.07) is 5.77. The summed E-state index contributed by atoms with van der Waals surface area (Å²) in [5, 5.41) is 7.02. The van der Waals surface area contributed by atoms with E-state index in [2.05, 4.69) is 31.3 Å². The molecule has 0 aliphatic heterocycles. The summed E-state index contributed by atoms with van der Waals surface area (Å²) >= 11 is 3.42. The fourth-order valence-electron chi connectivity index (χ4n) is 1.85. The predicted molar refractivity (Wildman–Crippen MR) is 80.4 cm³/mol. The molecule has 106 valence electrons. The van der Waals surface area contributed by atoms with Gasteiger partial charge in [-0.1, -0.05) is 6.07 Å². The van der Waals surface area contributed by atoms with Crippen LogP contribution in [0.3, 0.4) is 0 Å². The van der Waals surface area contributed by atoms with Gasteiger partial charge in [-0.3, -0.25) is 9.48 Å². The summed E-state index contributed by atoms with van der Waals surface area (Å²) in [5.41, 5.74) is 1.77. The lowest BCUT2D eigenvalue weighted by atomic mass is 10.1. The van der Waals surface area contributed by atoms with Gasteiger partial charge in [0, 0.05) is 17.1 Å². The van der Waals surface area contributed by atoms with E-state index in [0.717, 1.165) is 23.0 Å². The maximum absolute atomic E-state index is 12.2. The highest BCUT2D eigenvalue weighted by atomic mass is 79.9. The molecule has 6 heteroatoms. The third-order valence-electron chi connectivity index (χ3n) is 3.00. The average molecular weight is 337 g/mol. The zero-order valence-corrected chi connectivity index (χ0v) is 13.1. The standard InChI is InChI=1S/C14H17BrN4O/c1-10-3-4-12(13(15)7-10)14(20)18-11(2)5-6-19-9-16-8-17-19/h3-4,7-9,11H,5-6H2,1-2H3,(H,18,20). The van der Waals surface area contributed by atoms with Crippen LogP contribution in [-0.2, 0) is 6.54 Å². The van der Waals surface area contributed by atoms with Gasteiger partial charge in [0.25, 0.3) is 5.91 Å². The topological polar surface area (TPSA) is 59.8 Å². The summed E-state index contributed by atoms with van der Waals surface area (Å²) < 4.78 is 2.57. The number of amides is 1. The molecular formula is C14H17BrN4O. The van der Waals surface area contributed by atoms with Crippen LogP contribution >= 0.6 is 15.9 Å². The summed E-state index contributed by atoms with van der Waals surface area (Å²) in [4.78, 5) is 16.1. The minimum atomic E-state index is -0.0667. The van der Waals surface area contributed by atoms with E-state index in [0.29, 0.717) is 5.56 Å². The van der Waals surface area contributed by atoms with Crippen molar-refractivity contribution < 1.29 is 4.79 Å². The first-order chi connectivity index (χ1) is 9.56. The summed E-state index contributed by atoms with van der Waals surface area (Å²) in [6.07, 6.45) is 3.98. The van der Waals surface area contributed by atoms with Crippen LogP contribution in [0.4, 0.5) is 0 Å². The first kappa shape index (κ1) is 14.7. The van der Waals surface area contributed by atoms with Gasteiger partial charge in [-0.2, -0.15) is 5.10 Å². The van der Waals surface area contributed by atoms with E-state index in [9.17, 15) is 4.79 Å². The zero-order valence-electron chi connectivity index (χ0n) is 11.5. The maximum Gasteiger partial charge on any atom is 0.252 e. The van der Waals surface area contributed by atoms with Gasteiger partial charge in [0.05, 0.1) is 5.56 Å². The van der Waals surface area contributed by atoms with E-state index in [1.54, 1.807) is 11.0 Å². The van der Waals surface area contributed by atoms with Crippen molar-refractivity contribution >= 4 is 21.8 Å². The molecular weight excluding hydrogens is 320 g/mol. The van der Waals surface area contributed by atoms with Crippen molar-refractivity contribution in [3.63, 3.8) is 0 Å². The fraction of sp³-hybridized carbons (Fsp3) is 0.357. The van der Waals surface area contributed by atoms with Gasteiger partial charge in [-0.15, -0.1) is 0 Å². The van der Waals surface area contributed by atoms with Gasteiger partial charge in [0.2, 0.25) is 0 Å². The van der Waals surface area contributed by atoms with E-state index < -0.39 is 0 Å². The van der Waals surface area contributed by atoms with Crippen molar-refractivity contribution in [1.82, 2.24) is 20.1 Å². The molecule has 0 fully saturated rings. The third kappa shape index (κ3) is 3.90. The van der Waals surface area contributed by atoms with E-state index in [1.807, 2.05) is 32.0 Å². The SMILES string of the molecule is Cc1ccc(C(=O)NC(C)CCn2cncn2)c(Br)c1. The number of nitrogens with zero attached hydrogens (tertiary/aromatic N) is 3. The highest BCUT2D eigenvalue weighted by Crippen LogP contribution is 2.18. The number of carbonyl (C=O) groups is 1. The van der Waals surface area contributed by atoms with Crippen molar-refractivity contribution in [3.05, 3.63) is 46.5 Å². The summed E-state index contributed by atoms with van der Waals surface area (Å²) in [6.45, 7) is 4.71. The molecule has 0 bridgehead atoms. The van der Waals surface area contributed by atoms with E-state index in [1.165, 1.54) is 6.33 Å². The number of rotatable bonds is 5. The van der Waals surface area contributed by atoms with Gasteiger partial charge in [-0.05, 0) is 53.9 Å². The molecule has 0 spiro atoms. The molecule has 1 unspecified atom stereocenters. The second-order valence-corrected chi connectivity index (χ2v) is 5.66. The molecule has 1 atom stereocenters. The minimum Gasteiger partial charge on any atom is -0.349 e. The lowest BCUT2D eigenvalue weighted by molar-refractivity contribution is 0.0936. The first-order valence-electron chi connectivity index (χ1n) is 6.45. The van der Waals surface area contributed by atoms with Crippen LogP contribution in [0.2, 0.25) is 0 Å². The molecule has 0 saturated heterocycles. The third-order valence-corrected chi connectivity index (χ3v) is 3.66. The molecule has 1 aromatic heterocycles. The van der Waals surface area contributed by atoms with Gasteiger partial charge >= 0.3 is 0 Å². The molecule has 0 aliphatic rings. The number of hydrogen-bond donors (Lipinski definition) is 1. The molecule has 1 heterocycles. The van der Waals surface area contributed by atoms with Crippen LogP contribution in [0.25, 0.3) is 0 Å². The number of benzene rings is 1. The Morgan fingerprint density at radius 3 is 2.95 bits per heavy atom. The fourth-order valence-corrected chi connectivity index (χ4v) is 2.53. The Morgan fingerprint density at radius 1 is 1.50 bits per heavy atom. The average Bonchev–Trinajstić information content (AvgIpc) is 2.89. The monoisotopic (exact) mass is 336 g/mol. The summed E-state index contributed by atoms with van der Waals surface area (Å²) in [5.74, 6) is -0.0667. The molecule has 0 aliphatic carbocycles. The Kier molecular flexibility index (Phi) is 4.89. The zero-order chi connectivity index (χ0) is 14.5. The Balaban J connectivity index is 1.90. The van der Waals surface area contributed by atoms with Gasteiger partial charge < -0.3 is 5.32 Å². The van der Waals surface area contributed by atoms with Crippen molar-refractivity contribution in [2.75, 3.05) is 0 Å². The van der Waals surface area contributed by atoms with Gasteiger partial charge in [-0.25, -0.2) is 4.98 Å². The van der Waals surface area contributed by atoms with Crippen molar-refractivity contribution in [1.29, 1.82) is 0 Å². The molecule has 20 heavy (non-hydrogen) atoms. The van der Waals surface area contributed by atoms with Crippen molar-refractivity contribution in [2.45, 2.75) is 32.9 Å². The number of aromatic nitrogens is 3. The molecule has 1 aromatic carbocycles. The molecule has 5 nitrogen and oxygen atoms in total. The molecule has 2 rings (SSSR count). The molecule has 0 saturated carbocycles. The van der Waals surface area contributed by atoms with Crippen LogP contribution in [0.1, 0.15) is 29.3 Å². The quantitative estimate of drug-likeness (QED) is 0.912. The Morgan fingerprint density at radius 2 is 2.30 bits per heavy atom. The van der Waals surface area contributed by atoms with E-state index in [-0.39, 0.29) is 11.9 Å². The number of aryl methyl sites for hydroxylation is 2. The van der Waals surface area contributed by atoms with E-state index in [4.69, 9.17) is 0 Å². The van der Waals surface area contributed by atoms with Gasteiger partial charge in [0.15, 0.2) is 0 Å². The van der Waals surface area contributed by atoms with Crippen LogP contribution in [0.15, 0.2) is 35.3 Å². The van der Waals surface area contributed by atoms with Crippen LogP contribution in [-0.4, -0.2) is 26.7 Å². The smallest absolute Gasteiger partial charge is 0.252 e. The minimum absolute atomic E-state index is 0.0667. The Bertz CT molecular complexity index is 583. The molecule has 1 amide bonds. The lowest BCUT2D eigenvalue weighted by Gasteiger charge is -2.14. The predicted octanol–water partition coefficient (Wildman–Crippen LogP) is 2.56. The normalized spacial score (nSPS) is 12.2. The molecule has 1 N–H and O–H groups in total. The number of carbonyl (C=O) groups excluding carboxylic acids is 1. The number of hydrogen-bond acceptors (Lipinski definition) is 3. The lowest BCUT2D eigenvalue weighted by Crippen LogP contribution is -2.33. The van der Waals surface area contributed by atoms with Crippen LogP contribution in [0.5, 0.6) is 0 Å². The van der Waals surface area contributed by atoms with Gasteiger partial charge in [0.1, 0.15) is 12.7 Å². The highest BCUT2D eigenvalue weighted by molar-refractivity contribution is 9.10. The Hall–Kier alpha value is -1.69.